The van der Waals surface area contributed by atoms with Crippen LogP contribution in [0.25, 0.3) is 21.9 Å². The highest BCUT2D eigenvalue weighted by molar-refractivity contribution is 5.98. The van der Waals surface area contributed by atoms with Crippen molar-refractivity contribution in [2.24, 2.45) is 5.92 Å². The summed E-state index contributed by atoms with van der Waals surface area (Å²) in [6.07, 6.45) is 2.16. The molecule has 1 aromatic heterocycles. The molecule has 1 unspecified atom stereocenters. The minimum absolute atomic E-state index is 0.0188. The normalized spacial score (nSPS) is 17.0. The minimum atomic E-state index is -0.0188. The first-order valence-corrected chi connectivity index (χ1v) is 10.1. The van der Waals surface area contributed by atoms with Crippen molar-refractivity contribution < 1.29 is 9.21 Å². The van der Waals surface area contributed by atoms with Gasteiger partial charge in [0.15, 0.2) is 5.58 Å². The molecule has 1 fully saturated rings. The Hall–Kier alpha value is -3.34. The molecule has 0 bridgehead atoms. The minimum Gasteiger partial charge on any atom is -0.423 e. The van der Waals surface area contributed by atoms with Crippen LogP contribution in [0.5, 0.6) is 0 Å². The zero-order valence-electron chi connectivity index (χ0n) is 16.2. The quantitative estimate of drug-likeness (QED) is 0.557. The summed E-state index contributed by atoms with van der Waals surface area (Å²) in [5, 5.41) is 5.34. The topological polar surface area (TPSA) is 58.4 Å². The fourth-order valence-electron chi connectivity index (χ4n) is 4.07. The number of nitrogens with one attached hydrogen (secondary N) is 1. The van der Waals surface area contributed by atoms with Crippen LogP contribution in [-0.4, -0.2) is 30.5 Å². The van der Waals surface area contributed by atoms with E-state index in [1.807, 2.05) is 60.7 Å². The van der Waals surface area contributed by atoms with Gasteiger partial charge in [-0.2, -0.15) is 4.98 Å². The number of benzene rings is 3. The van der Waals surface area contributed by atoms with E-state index in [0.717, 1.165) is 47.8 Å². The average Bonchev–Trinajstić information content (AvgIpc) is 3.22. The van der Waals surface area contributed by atoms with Gasteiger partial charge >= 0.3 is 0 Å². The number of hydrogen-bond acceptors (Lipinski definition) is 4. The van der Waals surface area contributed by atoms with E-state index in [1.54, 1.807) is 0 Å². The molecule has 1 N–H and O–H groups in total. The van der Waals surface area contributed by atoms with Gasteiger partial charge in [-0.15, -0.1) is 0 Å². The first kappa shape index (κ1) is 17.7. The lowest BCUT2D eigenvalue weighted by molar-refractivity contribution is 0.0945. The molecule has 5 heteroatoms. The number of carbonyl (C=O) groups is 1. The third-order valence-electron chi connectivity index (χ3n) is 5.64. The molecule has 0 saturated carbocycles. The summed E-state index contributed by atoms with van der Waals surface area (Å²) in [5.74, 6) is 0.359. The Kier molecular flexibility index (Phi) is 4.64. The van der Waals surface area contributed by atoms with Crippen LogP contribution in [0.1, 0.15) is 23.2 Å². The standard InChI is InChI=1S/C24H23N3O2/c28-23(20-12-11-18-7-1-2-8-19(18)14-20)25-15-17-6-5-13-27(16-17)24-26-21-9-3-4-10-22(21)29-24/h1-4,7-12,14,17H,5-6,13,15-16H2,(H,25,28). The summed E-state index contributed by atoms with van der Waals surface area (Å²) in [6.45, 7) is 2.43. The molecule has 1 aliphatic rings. The highest BCUT2D eigenvalue weighted by atomic mass is 16.4. The maximum atomic E-state index is 12.6. The van der Waals surface area contributed by atoms with Gasteiger partial charge in [0.1, 0.15) is 5.52 Å². The number of oxazole rings is 1. The molecule has 146 valence electrons. The summed E-state index contributed by atoms with van der Waals surface area (Å²) in [4.78, 5) is 19.4. The van der Waals surface area contributed by atoms with Crippen molar-refractivity contribution in [3.8, 4) is 0 Å². The molecule has 3 aromatic carbocycles. The molecule has 29 heavy (non-hydrogen) atoms. The molecule has 0 aliphatic carbocycles. The molecule has 1 amide bonds. The number of amides is 1. The molecule has 5 rings (SSSR count). The molecule has 1 saturated heterocycles. The van der Waals surface area contributed by atoms with Crippen molar-refractivity contribution in [2.75, 3.05) is 24.5 Å². The monoisotopic (exact) mass is 385 g/mol. The lowest BCUT2D eigenvalue weighted by atomic mass is 9.98. The van der Waals surface area contributed by atoms with E-state index in [-0.39, 0.29) is 5.91 Å². The number of rotatable bonds is 4. The first-order chi connectivity index (χ1) is 14.3. The predicted molar refractivity (Wildman–Crippen MR) is 115 cm³/mol. The van der Waals surface area contributed by atoms with Gasteiger partial charge in [-0.1, -0.05) is 42.5 Å². The van der Waals surface area contributed by atoms with Crippen molar-refractivity contribution in [2.45, 2.75) is 12.8 Å². The van der Waals surface area contributed by atoms with Gasteiger partial charge in [0.25, 0.3) is 11.9 Å². The zero-order chi connectivity index (χ0) is 19.6. The number of anilines is 1. The van der Waals surface area contributed by atoms with Crippen molar-refractivity contribution in [3.63, 3.8) is 0 Å². The predicted octanol–water partition coefficient (Wildman–Crippen LogP) is 4.63. The van der Waals surface area contributed by atoms with Crippen LogP contribution >= 0.6 is 0 Å². The number of para-hydroxylation sites is 2. The summed E-state index contributed by atoms with van der Waals surface area (Å²) in [5.41, 5.74) is 2.40. The molecule has 0 spiro atoms. The van der Waals surface area contributed by atoms with Crippen molar-refractivity contribution >= 4 is 33.8 Å². The molecule has 1 atom stereocenters. The Morgan fingerprint density at radius 3 is 2.79 bits per heavy atom. The van der Waals surface area contributed by atoms with Crippen molar-refractivity contribution in [1.82, 2.24) is 10.3 Å². The lowest BCUT2D eigenvalue weighted by Crippen LogP contribution is -2.41. The lowest BCUT2D eigenvalue weighted by Gasteiger charge is -2.31. The van der Waals surface area contributed by atoms with Gasteiger partial charge in [-0.05, 0) is 53.8 Å². The molecule has 0 radical (unpaired) electrons. The largest absolute Gasteiger partial charge is 0.423 e. The smallest absolute Gasteiger partial charge is 0.298 e. The van der Waals surface area contributed by atoms with Gasteiger partial charge in [0.05, 0.1) is 0 Å². The van der Waals surface area contributed by atoms with Crippen LogP contribution in [0.15, 0.2) is 71.1 Å². The van der Waals surface area contributed by atoms with E-state index >= 15 is 0 Å². The van der Waals surface area contributed by atoms with E-state index in [4.69, 9.17) is 4.42 Å². The van der Waals surface area contributed by atoms with Crippen LogP contribution in [0.3, 0.4) is 0 Å². The van der Waals surface area contributed by atoms with Crippen molar-refractivity contribution in [3.05, 3.63) is 72.3 Å². The SMILES string of the molecule is O=C(NCC1CCCN(c2nc3ccccc3o2)C1)c1ccc2ccccc2c1. The van der Waals surface area contributed by atoms with Gasteiger partial charge in [-0.3, -0.25) is 4.79 Å². The van der Waals surface area contributed by atoms with Gasteiger partial charge in [-0.25, -0.2) is 0 Å². The van der Waals surface area contributed by atoms with Crippen LogP contribution in [-0.2, 0) is 0 Å². The number of fused-ring (bicyclic) bond motifs is 2. The van der Waals surface area contributed by atoms with Crippen LogP contribution in [0, 0.1) is 5.92 Å². The highest BCUT2D eigenvalue weighted by Crippen LogP contribution is 2.26. The Balaban J connectivity index is 1.23. The first-order valence-electron chi connectivity index (χ1n) is 10.1. The second-order valence-corrected chi connectivity index (χ2v) is 7.69. The van der Waals surface area contributed by atoms with Gasteiger partial charge in [0, 0.05) is 25.2 Å². The van der Waals surface area contributed by atoms with Gasteiger partial charge < -0.3 is 14.6 Å². The molecular formula is C24H23N3O2. The maximum absolute atomic E-state index is 12.6. The summed E-state index contributed by atoms with van der Waals surface area (Å²) in [7, 11) is 0. The second kappa shape index (κ2) is 7.59. The van der Waals surface area contributed by atoms with E-state index in [2.05, 4.69) is 21.3 Å². The van der Waals surface area contributed by atoms with E-state index in [1.165, 1.54) is 0 Å². The Morgan fingerprint density at radius 2 is 1.90 bits per heavy atom. The summed E-state index contributed by atoms with van der Waals surface area (Å²) >= 11 is 0. The van der Waals surface area contributed by atoms with Gasteiger partial charge in [0.2, 0.25) is 0 Å². The number of nitrogens with zero attached hydrogens (tertiary/aromatic N) is 2. The molecular weight excluding hydrogens is 362 g/mol. The third-order valence-corrected chi connectivity index (χ3v) is 5.64. The summed E-state index contributed by atoms with van der Waals surface area (Å²) < 4.78 is 5.92. The molecule has 4 aromatic rings. The number of carbonyl (C=O) groups excluding carboxylic acids is 1. The van der Waals surface area contributed by atoms with Crippen molar-refractivity contribution in [1.29, 1.82) is 0 Å². The third kappa shape index (κ3) is 3.68. The molecule has 2 heterocycles. The fraction of sp³-hybridized carbons (Fsp3) is 0.250. The second-order valence-electron chi connectivity index (χ2n) is 7.69. The molecule has 5 nitrogen and oxygen atoms in total. The zero-order valence-corrected chi connectivity index (χ0v) is 16.2. The Morgan fingerprint density at radius 1 is 1.07 bits per heavy atom. The number of aromatic nitrogens is 1. The fourth-order valence-corrected chi connectivity index (χ4v) is 4.07. The van der Waals surface area contributed by atoms with Crippen LogP contribution in [0.2, 0.25) is 0 Å². The highest BCUT2D eigenvalue weighted by Gasteiger charge is 2.24. The van der Waals surface area contributed by atoms with E-state index in [9.17, 15) is 4.79 Å². The Labute approximate surface area is 169 Å². The van der Waals surface area contributed by atoms with E-state index < -0.39 is 0 Å². The maximum Gasteiger partial charge on any atom is 0.298 e. The number of piperidine rings is 1. The number of hydrogen-bond donors (Lipinski definition) is 1. The molecule has 1 aliphatic heterocycles. The summed E-state index contributed by atoms with van der Waals surface area (Å²) in [6, 6.07) is 22.4. The Bertz CT molecular complexity index is 1130. The average molecular weight is 385 g/mol. The van der Waals surface area contributed by atoms with Crippen LogP contribution < -0.4 is 10.2 Å². The van der Waals surface area contributed by atoms with Crippen LogP contribution in [0.4, 0.5) is 6.01 Å². The van der Waals surface area contributed by atoms with E-state index in [0.29, 0.717) is 24.0 Å².